The summed E-state index contributed by atoms with van der Waals surface area (Å²) in [5, 5.41) is 4.94. The number of halogens is 1. The zero-order valence-electron chi connectivity index (χ0n) is 16.2. The average Bonchev–Trinajstić information content (AvgIpc) is 3.14. The molecule has 3 N–H and O–H groups in total. The van der Waals surface area contributed by atoms with Crippen LogP contribution in [0.2, 0.25) is 0 Å². The standard InChI is InChI=1S/C22H29FN4/c1-15(2)20-12-22(26-19-10-6-9-18(23)11-19)25-13-21(20)16(3)27(24)14-17-7-4-5-8-17/h6,9-13,15,17H,3-5,7-8,14,24H2,1-2H3,(H,25,26). The maximum atomic E-state index is 13.4. The summed E-state index contributed by atoms with van der Waals surface area (Å²) >= 11 is 0. The van der Waals surface area contributed by atoms with Crippen LogP contribution in [0.15, 0.2) is 43.1 Å². The zero-order valence-corrected chi connectivity index (χ0v) is 16.2. The average molecular weight is 369 g/mol. The molecule has 2 aromatic rings. The van der Waals surface area contributed by atoms with Crippen molar-refractivity contribution in [3.05, 3.63) is 60.1 Å². The van der Waals surface area contributed by atoms with Crippen LogP contribution in [0.25, 0.3) is 5.70 Å². The van der Waals surface area contributed by atoms with Gasteiger partial charge in [-0.3, -0.25) is 0 Å². The lowest BCUT2D eigenvalue weighted by molar-refractivity contribution is 0.335. The molecule has 0 saturated heterocycles. The summed E-state index contributed by atoms with van der Waals surface area (Å²) in [7, 11) is 0. The zero-order chi connectivity index (χ0) is 19.4. The lowest BCUT2D eigenvalue weighted by atomic mass is 9.96. The lowest BCUT2D eigenvalue weighted by Crippen LogP contribution is -2.33. The predicted molar refractivity (Wildman–Crippen MR) is 110 cm³/mol. The van der Waals surface area contributed by atoms with Crippen LogP contribution in [0, 0.1) is 11.7 Å². The van der Waals surface area contributed by atoms with Gasteiger partial charge >= 0.3 is 0 Å². The molecule has 27 heavy (non-hydrogen) atoms. The monoisotopic (exact) mass is 368 g/mol. The normalized spacial score (nSPS) is 14.6. The van der Waals surface area contributed by atoms with E-state index in [0.29, 0.717) is 17.4 Å². The highest BCUT2D eigenvalue weighted by Gasteiger charge is 2.20. The van der Waals surface area contributed by atoms with Gasteiger partial charge in [0.2, 0.25) is 0 Å². The molecule has 1 saturated carbocycles. The minimum atomic E-state index is -0.278. The molecule has 0 aliphatic heterocycles. The number of hydrazine groups is 1. The van der Waals surface area contributed by atoms with E-state index in [1.165, 1.54) is 37.8 Å². The minimum Gasteiger partial charge on any atom is -0.340 e. The van der Waals surface area contributed by atoms with Crippen LogP contribution >= 0.6 is 0 Å². The van der Waals surface area contributed by atoms with E-state index in [9.17, 15) is 4.39 Å². The van der Waals surface area contributed by atoms with Gasteiger partial charge in [-0.05, 0) is 54.5 Å². The van der Waals surface area contributed by atoms with Crippen LogP contribution in [-0.4, -0.2) is 16.5 Å². The van der Waals surface area contributed by atoms with Gasteiger partial charge in [0.1, 0.15) is 11.6 Å². The van der Waals surface area contributed by atoms with Gasteiger partial charge in [-0.15, -0.1) is 0 Å². The van der Waals surface area contributed by atoms with E-state index in [0.717, 1.165) is 23.4 Å². The molecule has 1 heterocycles. The summed E-state index contributed by atoms with van der Waals surface area (Å²) in [5.74, 6) is 7.66. The topological polar surface area (TPSA) is 54.2 Å². The second kappa shape index (κ2) is 8.53. The number of rotatable bonds is 7. The molecule has 1 aliphatic rings. The molecule has 1 aromatic heterocycles. The third kappa shape index (κ3) is 4.86. The number of nitrogens with zero attached hydrogens (tertiary/aromatic N) is 2. The highest BCUT2D eigenvalue weighted by Crippen LogP contribution is 2.31. The quantitative estimate of drug-likeness (QED) is 0.506. The van der Waals surface area contributed by atoms with Gasteiger partial charge in [0.25, 0.3) is 0 Å². The Balaban J connectivity index is 1.79. The molecule has 0 unspecified atom stereocenters. The fourth-order valence-electron chi connectivity index (χ4n) is 3.71. The Morgan fingerprint density at radius 1 is 1.33 bits per heavy atom. The smallest absolute Gasteiger partial charge is 0.130 e. The fraction of sp³-hybridized carbons (Fsp3) is 0.409. The molecule has 0 spiro atoms. The van der Waals surface area contributed by atoms with Crippen LogP contribution < -0.4 is 11.2 Å². The van der Waals surface area contributed by atoms with Crippen LogP contribution in [0.5, 0.6) is 0 Å². The first-order valence-corrected chi connectivity index (χ1v) is 9.68. The number of aromatic nitrogens is 1. The van der Waals surface area contributed by atoms with Crippen molar-refractivity contribution in [2.45, 2.75) is 45.4 Å². The van der Waals surface area contributed by atoms with Crippen molar-refractivity contribution in [2.75, 3.05) is 11.9 Å². The van der Waals surface area contributed by atoms with Gasteiger partial charge in [-0.2, -0.15) is 0 Å². The third-order valence-corrected chi connectivity index (χ3v) is 5.24. The Hall–Kier alpha value is -2.40. The molecule has 1 fully saturated rings. The molecule has 0 atom stereocenters. The summed E-state index contributed by atoms with van der Waals surface area (Å²) in [4.78, 5) is 4.51. The number of hydrogen-bond donors (Lipinski definition) is 2. The summed E-state index contributed by atoms with van der Waals surface area (Å²) in [6, 6.07) is 8.36. The number of anilines is 2. The van der Waals surface area contributed by atoms with Gasteiger partial charge in [0, 0.05) is 24.0 Å². The fourth-order valence-corrected chi connectivity index (χ4v) is 3.71. The molecule has 5 heteroatoms. The summed E-state index contributed by atoms with van der Waals surface area (Å²) < 4.78 is 13.4. The Morgan fingerprint density at radius 3 is 2.74 bits per heavy atom. The molecule has 0 bridgehead atoms. The molecule has 144 valence electrons. The number of hydrogen-bond acceptors (Lipinski definition) is 4. The molecular weight excluding hydrogens is 339 g/mol. The van der Waals surface area contributed by atoms with E-state index in [1.807, 2.05) is 18.3 Å². The first-order valence-electron chi connectivity index (χ1n) is 9.68. The van der Waals surface area contributed by atoms with Crippen molar-refractivity contribution in [1.82, 2.24) is 9.99 Å². The van der Waals surface area contributed by atoms with Gasteiger partial charge in [-0.1, -0.05) is 39.3 Å². The van der Waals surface area contributed by atoms with E-state index >= 15 is 0 Å². The molecule has 0 radical (unpaired) electrons. The predicted octanol–water partition coefficient (Wildman–Crippen LogP) is 5.42. The summed E-state index contributed by atoms with van der Waals surface area (Å²) in [6.07, 6.45) is 6.89. The molecule has 0 amide bonds. The van der Waals surface area contributed by atoms with Crippen LogP contribution in [0.4, 0.5) is 15.9 Å². The van der Waals surface area contributed by atoms with Crippen LogP contribution in [0.3, 0.4) is 0 Å². The second-order valence-electron chi connectivity index (χ2n) is 7.70. The van der Waals surface area contributed by atoms with Crippen molar-refractivity contribution in [3.8, 4) is 0 Å². The van der Waals surface area contributed by atoms with E-state index in [1.54, 1.807) is 11.1 Å². The maximum absolute atomic E-state index is 13.4. The lowest BCUT2D eigenvalue weighted by Gasteiger charge is -2.26. The van der Waals surface area contributed by atoms with Crippen LogP contribution in [0.1, 0.15) is 56.6 Å². The Bertz CT molecular complexity index is 797. The van der Waals surface area contributed by atoms with Gasteiger partial charge < -0.3 is 10.3 Å². The van der Waals surface area contributed by atoms with E-state index in [-0.39, 0.29) is 11.7 Å². The van der Waals surface area contributed by atoms with Crippen molar-refractivity contribution in [1.29, 1.82) is 0 Å². The van der Waals surface area contributed by atoms with Gasteiger partial charge in [-0.25, -0.2) is 15.2 Å². The number of pyridine rings is 1. The van der Waals surface area contributed by atoms with Crippen molar-refractivity contribution < 1.29 is 4.39 Å². The maximum Gasteiger partial charge on any atom is 0.130 e. The molecular formula is C22H29FN4. The number of nitrogens with one attached hydrogen (secondary N) is 1. The Morgan fingerprint density at radius 2 is 2.07 bits per heavy atom. The minimum absolute atomic E-state index is 0.278. The summed E-state index contributed by atoms with van der Waals surface area (Å²) in [6.45, 7) is 9.33. The molecule has 1 aromatic carbocycles. The van der Waals surface area contributed by atoms with Gasteiger partial charge in [0.15, 0.2) is 0 Å². The van der Waals surface area contributed by atoms with Crippen LogP contribution in [-0.2, 0) is 0 Å². The highest BCUT2D eigenvalue weighted by molar-refractivity contribution is 5.67. The third-order valence-electron chi connectivity index (χ3n) is 5.24. The summed E-state index contributed by atoms with van der Waals surface area (Å²) in [5.41, 5.74) is 3.56. The molecule has 4 nitrogen and oxygen atoms in total. The highest BCUT2D eigenvalue weighted by atomic mass is 19.1. The van der Waals surface area contributed by atoms with Crippen molar-refractivity contribution in [3.63, 3.8) is 0 Å². The Labute approximate surface area is 161 Å². The Kier molecular flexibility index (Phi) is 6.11. The van der Waals surface area contributed by atoms with E-state index in [2.05, 4.69) is 30.7 Å². The first kappa shape index (κ1) is 19.4. The van der Waals surface area contributed by atoms with Gasteiger partial charge in [0.05, 0.1) is 5.70 Å². The number of nitrogens with two attached hydrogens (primary N) is 1. The largest absolute Gasteiger partial charge is 0.340 e. The van der Waals surface area contributed by atoms with E-state index < -0.39 is 0 Å². The first-order chi connectivity index (χ1) is 12.9. The SMILES string of the molecule is C=C(c1cnc(Nc2cccc(F)c2)cc1C(C)C)N(N)CC1CCCC1. The van der Waals surface area contributed by atoms with E-state index in [4.69, 9.17) is 5.84 Å². The van der Waals surface area contributed by atoms with Crippen molar-refractivity contribution in [2.24, 2.45) is 11.8 Å². The second-order valence-corrected chi connectivity index (χ2v) is 7.70. The molecule has 1 aliphatic carbocycles. The van der Waals surface area contributed by atoms with Crippen molar-refractivity contribution >= 4 is 17.2 Å². The number of benzene rings is 1. The molecule has 3 rings (SSSR count).